The molecule has 1 heteroatoms. The quantitative estimate of drug-likeness (QED) is 0.709. The van der Waals surface area contributed by atoms with Gasteiger partial charge in [-0.05, 0) is 65.0 Å². The van der Waals surface area contributed by atoms with Crippen molar-refractivity contribution >= 4 is 16.6 Å². The molecule has 0 aromatic heterocycles. The number of fused-ring (bicyclic) bond motifs is 5. The fraction of sp³-hybridized carbons (Fsp3) is 0.435. The van der Waals surface area contributed by atoms with Crippen LogP contribution in [0, 0.1) is 17.3 Å². The van der Waals surface area contributed by atoms with Crippen LogP contribution >= 0.6 is 0 Å². The van der Waals surface area contributed by atoms with Crippen molar-refractivity contribution in [2.75, 3.05) is 0 Å². The lowest BCUT2D eigenvalue weighted by atomic mass is 9.63. The van der Waals surface area contributed by atoms with Gasteiger partial charge in [-0.15, -0.1) is 0 Å². The molecule has 24 heavy (non-hydrogen) atoms. The number of carbonyl (C=O) groups excluding carboxylic acids is 1. The van der Waals surface area contributed by atoms with Crippen molar-refractivity contribution in [2.45, 2.75) is 45.4 Å². The number of Topliss-reactive ketones (excluding diaryl/α,β-unsaturated/α-hetero) is 1. The van der Waals surface area contributed by atoms with E-state index in [2.05, 4.69) is 49.4 Å². The molecule has 2 bridgehead atoms. The van der Waals surface area contributed by atoms with E-state index >= 15 is 0 Å². The van der Waals surface area contributed by atoms with Crippen molar-refractivity contribution in [2.24, 2.45) is 17.3 Å². The summed E-state index contributed by atoms with van der Waals surface area (Å²) < 4.78 is 0. The molecule has 5 rings (SSSR count). The van der Waals surface area contributed by atoms with Crippen LogP contribution in [0.2, 0.25) is 0 Å². The molecule has 0 heterocycles. The molecular formula is C23H24O. The van der Waals surface area contributed by atoms with E-state index in [1.54, 1.807) is 0 Å². The third kappa shape index (κ3) is 1.97. The number of allylic oxidation sites excluding steroid dienone is 2. The van der Waals surface area contributed by atoms with Crippen LogP contribution in [0.15, 0.2) is 42.5 Å². The Labute approximate surface area is 143 Å². The van der Waals surface area contributed by atoms with E-state index in [1.165, 1.54) is 40.3 Å². The van der Waals surface area contributed by atoms with Gasteiger partial charge >= 0.3 is 0 Å². The van der Waals surface area contributed by atoms with Gasteiger partial charge in [0.25, 0.3) is 0 Å². The summed E-state index contributed by atoms with van der Waals surface area (Å²) in [5.74, 6) is 1.64. The van der Waals surface area contributed by atoms with Gasteiger partial charge in [0.05, 0.1) is 0 Å². The molecule has 1 spiro atoms. The van der Waals surface area contributed by atoms with Crippen LogP contribution in [0.25, 0.3) is 10.8 Å². The molecule has 0 N–H and O–H groups in total. The molecule has 1 fully saturated rings. The van der Waals surface area contributed by atoms with Crippen LogP contribution < -0.4 is 0 Å². The number of aryl methyl sites for hydroxylation is 1. The van der Waals surface area contributed by atoms with Crippen LogP contribution in [0.3, 0.4) is 0 Å². The van der Waals surface area contributed by atoms with Gasteiger partial charge in [0.1, 0.15) is 5.78 Å². The van der Waals surface area contributed by atoms with E-state index in [0.717, 1.165) is 19.3 Å². The Bertz CT molecular complexity index is 875. The zero-order valence-electron chi connectivity index (χ0n) is 14.3. The first-order valence-electron chi connectivity index (χ1n) is 9.44. The topological polar surface area (TPSA) is 17.1 Å². The second-order valence-corrected chi connectivity index (χ2v) is 8.18. The Balaban J connectivity index is 1.58. The summed E-state index contributed by atoms with van der Waals surface area (Å²) in [5.41, 5.74) is 4.02. The Morgan fingerprint density at radius 2 is 1.96 bits per heavy atom. The highest BCUT2D eigenvalue weighted by Gasteiger charge is 2.54. The molecule has 3 aliphatic carbocycles. The maximum Gasteiger partial charge on any atom is 0.144 e. The molecule has 1 saturated carbocycles. The SMILES string of the molecule is CCCc1ccc2cc3c(cc2c1)CC(=O)C1(C3)CC2C=CC1C2. The van der Waals surface area contributed by atoms with E-state index in [1.807, 2.05) is 0 Å². The first-order chi connectivity index (χ1) is 11.7. The minimum atomic E-state index is -0.0811. The average molecular weight is 316 g/mol. The molecule has 0 aliphatic heterocycles. The standard InChI is InChI=1S/C23H24O/c1-2-3-15-4-6-17-10-20-14-23(13-16-5-7-21(23)9-16)22(24)12-19(20)11-18(17)8-15/h4-8,10-11,16,21H,2-3,9,12-14H2,1H3. The van der Waals surface area contributed by atoms with Gasteiger partial charge in [-0.25, -0.2) is 0 Å². The number of ketones is 1. The number of carbonyl (C=O) groups is 1. The Kier molecular flexibility index (Phi) is 3.04. The summed E-state index contributed by atoms with van der Waals surface area (Å²) in [6.45, 7) is 2.22. The summed E-state index contributed by atoms with van der Waals surface area (Å²) in [5, 5.41) is 2.63. The number of hydrogen-bond acceptors (Lipinski definition) is 1. The van der Waals surface area contributed by atoms with Crippen LogP contribution in [-0.4, -0.2) is 5.78 Å². The molecule has 2 aromatic carbocycles. The van der Waals surface area contributed by atoms with Gasteiger partial charge < -0.3 is 0 Å². The second kappa shape index (κ2) is 5.05. The fourth-order valence-electron chi connectivity index (χ4n) is 5.48. The van der Waals surface area contributed by atoms with E-state index in [0.29, 0.717) is 24.0 Å². The van der Waals surface area contributed by atoms with E-state index in [-0.39, 0.29) is 5.41 Å². The summed E-state index contributed by atoms with van der Waals surface area (Å²) in [6, 6.07) is 11.5. The predicted octanol–water partition coefficient (Wildman–Crippen LogP) is 5.04. The monoisotopic (exact) mass is 316 g/mol. The number of hydrogen-bond donors (Lipinski definition) is 0. The lowest BCUT2D eigenvalue weighted by molar-refractivity contribution is -0.130. The van der Waals surface area contributed by atoms with Crippen molar-refractivity contribution in [1.82, 2.24) is 0 Å². The first kappa shape index (κ1) is 14.5. The molecule has 0 saturated heterocycles. The summed E-state index contributed by atoms with van der Waals surface area (Å²) in [6.07, 6.45) is 10.9. The van der Waals surface area contributed by atoms with Gasteiger partial charge in [-0.1, -0.05) is 55.8 Å². The number of rotatable bonds is 2. The minimum absolute atomic E-state index is 0.0811. The Hall–Kier alpha value is -1.89. The second-order valence-electron chi connectivity index (χ2n) is 8.18. The van der Waals surface area contributed by atoms with Crippen LogP contribution in [0.1, 0.15) is 42.9 Å². The van der Waals surface area contributed by atoms with Crippen molar-refractivity contribution in [1.29, 1.82) is 0 Å². The molecule has 0 amide bonds. The summed E-state index contributed by atoms with van der Waals surface area (Å²) >= 11 is 0. The smallest absolute Gasteiger partial charge is 0.144 e. The normalized spacial score (nSPS) is 30.5. The molecular weight excluding hydrogens is 292 g/mol. The summed E-state index contributed by atoms with van der Waals surface area (Å²) in [7, 11) is 0. The van der Waals surface area contributed by atoms with Gasteiger partial charge in [0.15, 0.2) is 0 Å². The maximum absolute atomic E-state index is 13.0. The lowest BCUT2D eigenvalue weighted by Gasteiger charge is -2.38. The highest BCUT2D eigenvalue weighted by atomic mass is 16.1. The molecule has 2 aromatic rings. The third-order valence-corrected chi connectivity index (χ3v) is 6.68. The molecule has 122 valence electrons. The van der Waals surface area contributed by atoms with Crippen molar-refractivity contribution in [3.63, 3.8) is 0 Å². The minimum Gasteiger partial charge on any atom is -0.299 e. The van der Waals surface area contributed by atoms with Crippen molar-refractivity contribution in [3.8, 4) is 0 Å². The zero-order valence-corrected chi connectivity index (χ0v) is 14.3. The lowest BCUT2D eigenvalue weighted by Crippen LogP contribution is -2.41. The van der Waals surface area contributed by atoms with Crippen LogP contribution in [0.4, 0.5) is 0 Å². The van der Waals surface area contributed by atoms with E-state index in [4.69, 9.17) is 0 Å². The number of benzene rings is 2. The Morgan fingerprint density at radius 3 is 2.71 bits per heavy atom. The average Bonchev–Trinajstić information content (AvgIpc) is 3.16. The third-order valence-electron chi connectivity index (χ3n) is 6.68. The van der Waals surface area contributed by atoms with Gasteiger partial charge in [0, 0.05) is 11.8 Å². The van der Waals surface area contributed by atoms with E-state index in [9.17, 15) is 4.79 Å². The zero-order chi connectivity index (χ0) is 16.3. The summed E-state index contributed by atoms with van der Waals surface area (Å²) in [4.78, 5) is 13.0. The largest absolute Gasteiger partial charge is 0.299 e. The van der Waals surface area contributed by atoms with Crippen LogP contribution in [-0.2, 0) is 24.1 Å². The first-order valence-corrected chi connectivity index (χ1v) is 9.44. The molecule has 0 radical (unpaired) electrons. The van der Waals surface area contributed by atoms with Gasteiger partial charge in [-0.2, -0.15) is 0 Å². The fourth-order valence-corrected chi connectivity index (χ4v) is 5.48. The predicted molar refractivity (Wildman–Crippen MR) is 98.1 cm³/mol. The Morgan fingerprint density at radius 1 is 1.08 bits per heavy atom. The van der Waals surface area contributed by atoms with Gasteiger partial charge in [-0.3, -0.25) is 4.79 Å². The molecule has 1 nitrogen and oxygen atoms in total. The highest BCUT2D eigenvalue weighted by molar-refractivity contribution is 5.93. The molecule has 3 aliphatic rings. The molecule has 3 atom stereocenters. The van der Waals surface area contributed by atoms with Gasteiger partial charge in [0.2, 0.25) is 0 Å². The van der Waals surface area contributed by atoms with Crippen molar-refractivity contribution in [3.05, 3.63) is 59.2 Å². The highest BCUT2D eigenvalue weighted by Crippen LogP contribution is 2.56. The van der Waals surface area contributed by atoms with E-state index < -0.39 is 0 Å². The van der Waals surface area contributed by atoms with Crippen LogP contribution in [0.5, 0.6) is 0 Å². The van der Waals surface area contributed by atoms with Crippen molar-refractivity contribution < 1.29 is 4.79 Å². The maximum atomic E-state index is 13.0. The molecule has 3 unspecified atom stereocenters.